The number of pyridine rings is 1. The highest BCUT2D eigenvalue weighted by molar-refractivity contribution is 9.10. The lowest BCUT2D eigenvalue weighted by atomic mass is 10.1. The molecule has 0 fully saturated rings. The third kappa shape index (κ3) is 3.33. The van der Waals surface area contributed by atoms with Gasteiger partial charge in [-0.2, -0.15) is 0 Å². The number of rotatable bonds is 4. The summed E-state index contributed by atoms with van der Waals surface area (Å²) >= 11 is 3.47. The van der Waals surface area contributed by atoms with Crippen molar-refractivity contribution in [2.75, 3.05) is 11.9 Å². The van der Waals surface area contributed by atoms with Gasteiger partial charge in [0, 0.05) is 30.8 Å². The van der Waals surface area contributed by atoms with Crippen molar-refractivity contribution in [3.05, 3.63) is 57.7 Å². The number of nitrogens with zero attached hydrogens (tertiary/aromatic N) is 2. The Labute approximate surface area is 122 Å². The summed E-state index contributed by atoms with van der Waals surface area (Å²) in [5.74, 6) is 0.965. The lowest BCUT2D eigenvalue weighted by Gasteiger charge is -2.20. The van der Waals surface area contributed by atoms with Gasteiger partial charge in [0.25, 0.3) is 0 Å². The number of hydrogen-bond acceptors (Lipinski definition) is 3. The summed E-state index contributed by atoms with van der Waals surface area (Å²) < 4.78 is 1.03. The second-order valence-electron chi connectivity index (χ2n) is 4.62. The van der Waals surface area contributed by atoms with Crippen LogP contribution in [0.4, 0.5) is 5.82 Å². The van der Waals surface area contributed by atoms with Gasteiger partial charge in [-0.05, 0) is 45.6 Å². The van der Waals surface area contributed by atoms with Crippen molar-refractivity contribution < 1.29 is 0 Å². The maximum Gasteiger partial charge on any atom is 0.128 e. The van der Waals surface area contributed by atoms with Gasteiger partial charge in [0.1, 0.15) is 5.82 Å². The molecule has 19 heavy (non-hydrogen) atoms. The number of nitrogens with two attached hydrogens (primary N) is 1. The minimum atomic E-state index is 0.566. The molecule has 2 aromatic rings. The molecule has 2 rings (SSSR count). The Morgan fingerprint density at radius 1 is 1.26 bits per heavy atom. The molecule has 0 atom stereocenters. The first kappa shape index (κ1) is 14.0. The summed E-state index contributed by atoms with van der Waals surface area (Å²) in [7, 11) is 2.04. The van der Waals surface area contributed by atoms with Gasteiger partial charge in [-0.3, -0.25) is 0 Å². The number of halogens is 1. The van der Waals surface area contributed by atoms with Crippen molar-refractivity contribution >= 4 is 21.7 Å². The lowest BCUT2D eigenvalue weighted by molar-refractivity contribution is 0.874. The van der Waals surface area contributed by atoms with Crippen LogP contribution in [0, 0.1) is 6.92 Å². The maximum absolute atomic E-state index is 5.77. The Hall–Kier alpha value is -1.39. The van der Waals surface area contributed by atoms with Crippen molar-refractivity contribution in [2.45, 2.75) is 20.0 Å². The van der Waals surface area contributed by atoms with Crippen molar-refractivity contribution in [1.82, 2.24) is 4.98 Å². The Morgan fingerprint density at radius 2 is 1.95 bits per heavy atom. The van der Waals surface area contributed by atoms with Crippen molar-refractivity contribution in [1.29, 1.82) is 0 Å². The van der Waals surface area contributed by atoms with Crippen LogP contribution in [0.15, 0.2) is 41.0 Å². The molecule has 0 saturated carbocycles. The highest BCUT2D eigenvalue weighted by atomic mass is 79.9. The second-order valence-corrected chi connectivity index (χ2v) is 5.47. The number of hydrogen-bond donors (Lipinski definition) is 1. The van der Waals surface area contributed by atoms with Crippen molar-refractivity contribution in [2.24, 2.45) is 5.73 Å². The van der Waals surface area contributed by atoms with Crippen molar-refractivity contribution in [3.63, 3.8) is 0 Å². The van der Waals surface area contributed by atoms with Crippen LogP contribution in [0.25, 0.3) is 0 Å². The molecule has 0 aliphatic heterocycles. The molecule has 1 aromatic heterocycles. The van der Waals surface area contributed by atoms with E-state index in [2.05, 4.69) is 50.9 Å². The largest absolute Gasteiger partial charge is 0.355 e. The summed E-state index contributed by atoms with van der Waals surface area (Å²) in [5, 5.41) is 0. The smallest absolute Gasteiger partial charge is 0.128 e. The average molecular weight is 320 g/mol. The number of anilines is 1. The van der Waals surface area contributed by atoms with E-state index in [9.17, 15) is 0 Å². The Kier molecular flexibility index (Phi) is 4.56. The molecule has 0 bridgehead atoms. The van der Waals surface area contributed by atoms with Crippen LogP contribution in [0.3, 0.4) is 0 Å². The van der Waals surface area contributed by atoms with Gasteiger partial charge in [0.2, 0.25) is 0 Å². The zero-order valence-corrected chi connectivity index (χ0v) is 12.8. The monoisotopic (exact) mass is 319 g/mol. The standard InChI is InChI=1S/C15H18BrN3/c1-11-7-15(18-9-14(11)16)19(2)10-13-6-4-3-5-12(13)8-17/h3-7,9H,8,10,17H2,1-2H3. The Morgan fingerprint density at radius 3 is 2.58 bits per heavy atom. The summed E-state index contributed by atoms with van der Waals surface area (Å²) in [6.07, 6.45) is 1.84. The van der Waals surface area contributed by atoms with Crippen molar-refractivity contribution in [3.8, 4) is 0 Å². The summed E-state index contributed by atoms with van der Waals surface area (Å²) in [6.45, 7) is 3.44. The fourth-order valence-corrected chi connectivity index (χ4v) is 2.20. The van der Waals surface area contributed by atoms with E-state index in [1.54, 1.807) is 0 Å². The van der Waals surface area contributed by atoms with E-state index in [1.165, 1.54) is 16.7 Å². The quantitative estimate of drug-likeness (QED) is 0.940. The molecule has 1 heterocycles. The van der Waals surface area contributed by atoms with E-state index in [0.29, 0.717) is 6.54 Å². The van der Waals surface area contributed by atoms with Gasteiger partial charge >= 0.3 is 0 Å². The minimum Gasteiger partial charge on any atom is -0.355 e. The predicted molar refractivity (Wildman–Crippen MR) is 83.1 cm³/mol. The molecule has 2 N–H and O–H groups in total. The van der Waals surface area contributed by atoms with Gasteiger partial charge < -0.3 is 10.6 Å². The SMILES string of the molecule is Cc1cc(N(C)Cc2ccccc2CN)ncc1Br. The first-order valence-electron chi connectivity index (χ1n) is 6.22. The zero-order chi connectivity index (χ0) is 13.8. The van der Waals surface area contributed by atoms with Gasteiger partial charge in [-0.25, -0.2) is 4.98 Å². The number of aromatic nitrogens is 1. The van der Waals surface area contributed by atoms with Crippen LogP contribution in [0.1, 0.15) is 16.7 Å². The van der Waals surface area contributed by atoms with E-state index in [0.717, 1.165) is 16.8 Å². The van der Waals surface area contributed by atoms with E-state index >= 15 is 0 Å². The molecule has 0 saturated heterocycles. The van der Waals surface area contributed by atoms with E-state index in [1.807, 2.05) is 25.4 Å². The fraction of sp³-hybridized carbons (Fsp3) is 0.267. The Balaban J connectivity index is 2.20. The normalized spacial score (nSPS) is 10.5. The highest BCUT2D eigenvalue weighted by Gasteiger charge is 2.07. The number of benzene rings is 1. The third-order valence-corrected chi connectivity index (χ3v) is 4.00. The average Bonchev–Trinajstić information content (AvgIpc) is 2.42. The Bertz CT molecular complexity index is 569. The molecule has 0 amide bonds. The molecule has 0 unspecified atom stereocenters. The molecule has 3 nitrogen and oxygen atoms in total. The fourth-order valence-electron chi connectivity index (χ4n) is 1.98. The molecule has 100 valence electrons. The molecular weight excluding hydrogens is 302 g/mol. The highest BCUT2D eigenvalue weighted by Crippen LogP contribution is 2.21. The van der Waals surface area contributed by atoms with Crippen LogP contribution in [0.5, 0.6) is 0 Å². The van der Waals surface area contributed by atoms with Gasteiger partial charge in [0.15, 0.2) is 0 Å². The minimum absolute atomic E-state index is 0.566. The van der Waals surface area contributed by atoms with Crippen LogP contribution in [-0.4, -0.2) is 12.0 Å². The summed E-state index contributed by atoms with van der Waals surface area (Å²) in [4.78, 5) is 6.57. The van der Waals surface area contributed by atoms with Crippen LogP contribution in [-0.2, 0) is 13.1 Å². The maximum atomic E-state index is 5.77. The van der Waals surface area contributed by atoms with Crippen LogP contribution in [0.2, 0.25) is 0 Å². The van der Waals surface area contributed by atoms with E-state index < -0.39 is 0 Å². The summed E-state index contributed by atoms with van der Waals surface area (Å²) in [6, 6.07) is 10.3. The zero-order valence-electron chi connectivity index (χ0n) is 11.2. The third-order valence-electron chi connectivity index (χ3n) is 3.17. The molecular formula is C15H18BrN3. The topological polar surface area (TPSA) is 42.1 Å². The van der Waals surface area contributed by atoms with Gasteiger partial charge in [-0.1, -0.05) is 24.3 Å². The second kappa shape index (κ2) is 6.17. The molecule has 0 spiro atoms. The first-order valence-corrected chi connectivity index (χ1v) is 7.01. The van der Waals surface area contributed by atoms with Gasteiger partial charge in [0.05, 0.1) is 0 Å². The lowest BCUT2D eigenvalue weighted by Crippen LogP contribution is -2.19. The molecule has 0 aliphatic carbocycles. The van der Waals surface area contributed by atoms with Crippen LogP contribution < -0.4 is 10.6 Å². The summed E-state index contributed by atoms with van der Waals surface area (Å²) in [5.41, 5.74) is 9.38. The molecule has 0 aliphatic rings. The molecule has 0 radical (unpaired) electrons. The van der Waals surface area contributed by atoms with Gasteiger partial charge in [-0.15, -0.1) is 0 Å². The molecule has 4 heteroatoms. The predicted octanol–water partition coefficient (Wildman–Crippen LogP) is 3.25. The van der Waals surface area contributed by atoms with Crippen LogP contribution >= 0.6 is 15.9 Å². The van der Waals surface area contributed by atoms with E-state index in [4.69, 9.17) is 5.73 Å². The van der Waals surface area contributed by atoms with E-state index in [-0.39, 0.29) is 0 Å². The molecule has 1 aromatic carbocycles. The first-order chi connectivity index (χ1) is 9.11. The number of aryl methyl sites for hydroxylation is 1.